The molecule has 5 heteroatoms. The molecule has 0 saturated heterocycles. The Kier molecular flexibility index (Phi) is 7.73. The molecule has 1 aromatic heterocycles. The van der Waals surface area contributed by atoms with Gasteiger partial charge in [-0.2, -0.15) is 0 Å². The number of aromatic nitrogens is 2. The molecule has 114 valence electrons. The van der Waals surface area contributed by atoms with Crippen LogP contribution in [0, 0.1) is 13.8 Å². The van der Waals surface area contributed by atoms with Crippen molar-refractivity contribution in [2.45, 2.75) is 65.1 Å². The SMILES string of the molecule is CCCCOC(=O)CSc1nc(C)c(C)n1CCCC. The normalized spacial score (nSPS) is 10.8. The van der Waals surface area contributed by atoms with Crippen molar-refractivity contribution >= 4 is 17.7 Å². The average Bonchev–Trinajstić information content (AvgIpc) is 2.70. The first kappa shape index (κ1) is 17.1. The summed E-state index contributed by atoms with van der Waals surface area (Å²) >= 11 is 1.48. The first-order chi connectivity index (χ1) is 9.60. The highest BCUT2D eigenvalue weighted by Crippen LogP contribution is 2.22. The third-order valence-corrected chi connectivity index (χ3v) is 4.19. The van der Waals surface area contributed by atoms with Crippen LogP contribution in [-0.2, 0) is 16.1 Å². The number of imidazole rings is 1. The van der Waals surface area contributed by atoms with Crippen LogP contribution in [0.1, 0.15) is 50.9 Å². The number of nitrogens with zero attached hydrogens (tertiary/aromatic N) is 2. The molecule has 0 bridgehead atoms. The molecule has 0 atom stereocenters. The Morgan fingerprint density at radius 1 is 1.25 bits per heavy atom. The van der Waals surface area contributed by atoms with Crippen LogP contribution in [0.5, 0.6) is 0 Å². The maximum atomic E-state index is 11.6. The highest BCUT2D eigenvalue weighted by molar-refractivity contribution is 7.99. The van der Waals surface area contributed by atoms with Gasteiger partial charge in [-0.25, -0.2) is 4.98 Å². The summed E-state index contributed by atoms with van der Waals surface area (Å²) < 4.78 is 7.38. The molecule has 0 aromatic carbocycles. The van der Waals surface area contributed by atoms with E-state index >= 15 is 0 Å². The number of carbonyl (C=O) groups excluding carboxylic acids is 1. The van der Waals surface area contributed by atoms with E-state index in [1.54, 1.807) is 0 Å². The minimum absolute atomic E-state index is 0.149. The molecule has 1 heterocycles. The molecule has 0 aliphatic rings. The van der Waals surface area contributed by atoms with Gasteiger partial charge < -0.3 is 9.30 Å². The third-order valence-electron chi connectivity index (χ3n) is 3.24. The van der Waals surface area contributed by atoms with E-state index < -0.39 is 0 Å². The average molecular weight is 298 g/mol. The predicted octanol–water partition coefficient (Wildman–Crippen LogP) is 3.74. The molecule has 4 nitrogen and oxygen atoms in total. The molecule has 1 rings (SSSR count). The molecule has 0 saturated carbocycles. The van der Waals surface area contributed by atoms with Gasteiger partial charge in [-0.1, -0.05) is 38.5 Å². The second-order valence-electron chi connectivity index (χ2n) is 4.93. The van der Waals surface area contributed by atoms with Crippen molar-refractivity contribution in [1.29, 1.82) is 0 Å². The molecule has 0 N–H and O–H groups in total. The lowest BCUT2D eigenvalue weighted by molar-refractivity contribution is -0.140. The van der Waals surface area contributed by atoms with Crippen LogP contribution >= 0.6 is 11.8 Å². The largest absolute Gasteiger partial charge is 0.465 e. The fraction of sp³-hybridized carbons (Fsp3) is 0.733. The number of thioether (sulfide) groups is 1. The van der Waals surface area contributed by atoms with Crippen molar-refractivity contribution in [3.05, 3.63) is 11.4 Å². The zero-order chi connectivity index (χ0) is 15.0. The summed E-state index contributed by atoms with van der Waals surface area (Å²) in [5.41, 5.74) is 2.24. The van der Waals surface area contributed by atoms with Gasteiger partial charge in [0, 0.05) is 12.2 Å². The fourth-order valence-corrected chi connectivity index (χ4v) is 2.72. The molecular weight excluding hydrogens is 272 g/mol. The topological polar surface area (TPSA) is 44.1 Å². The highest BCUT2D eigenvalue weighted by Gasteiger charge is 2.13. The van der Waals surface area contributed by atoms with Crippen LogP contribution in [0.25, 0.3) is 0 Å². The van der Waals surface area contributed by atoms with Crippen LogP contribution < -0.4 is 0 Å². The molecule has 0 unspecified atom stereocenters. The Balaban J connectivity index is 2.54. The molecule has 0 spiro atoms. The van der Waals surface area contributed by atoms with E-state index in [-0.39, 0.29) is 5.97 Å². The van der Waals surface area contributed by atoms with Crippen molar-refractivity contribution in [1.82, 2.24) is 9.55 Å². The summed E-state index contributed by atoms with van der Waals surface area (Å²) in [6, 6.07) is 0. The van der Waals surface area contributed by atoms with Gasteiger partial charge in [0.1, 0.15) is 0 Å². The number of carbonyl (C=O) groups is 1. The number of hydrogen-bond donors (Lipinski definition) is 0. The maximum Gasteiger partial charge on any atom is 0.316 e. The zero-order valence-corrected chi connectivity index (χ0v) is 13.9. The van der Waals surface area contributed by atoms with Gasteiger partial charge in [0.15, 0.2) is 5.16 Å². The Morgan fingerprint density at radius 2 is 1.95 bits per heavy atom. The van der Waals surface area contributed by atoms with Gasteiger partial charge in [-0.05, 0) is 26.7 Å². The molecule has 20 heavy (non-hydrogen) atoms. The van der Waals surface area contributed by atoms with Crippen LogP contribution in [0.15, 0.2) is 5.16 Å². The smallest absolute Gasteiger partial charge is 0.316 e. The van der Waals surface area contributed by atoms with Gasteiger partial charge >= 0.3 is 5.97 Å². The van der Waals surface area contributed by atoms with E-state index in [1.807, 2.05) is 6.92 Å². The first-order valence-corrected chi connectivity index (χ1v) is 8.40. The first-order valence-electron chi connectivity index (χ1n) is 7.42. The molecule has 0 amide bonds. The van der Waals surface area contributed by atoms with Crippen molar-refractivity contribution in [2.75, 3.05) is 12.4 Å². The van der Waals surface area contributed by atoms with E-state index in [2.05, 4.69) is 30.3 Å². The second kappa shape index (κ2) is 9.06. The Hall–Kier alpha value is -0.970. The van der Waals surface area contributed by atoms with Crippen molar-refractivity contribution < 1.29 is 9.53 Å². The number of hydrogen-bond acceptors (Lipinski definition) is 4. The van der Waals surface area contributed by atoms with E-state index in [4.69, 9.17) is 4.74 Å². The zero-order valence-electron chi connectivity index (χ0n) is 13.1. The van der Waals surface area contributed by atoms with Gasteiger partial charge in [0.25, 0.3) is 0 Å². The lowest BCUT2D eigenvalue weighted by Crippen LogP contribution is -2.10. The van der Waals surface area contributed by atoms with E-state index in [0.717, 1.165) is 43.1 Å². The maximum absolute atomic E-state index is 11.6. The van der Waals surface area contributed by atoms with Crippen molar-refractivity contribution in [3.63, 3.8) is 0 Å². The summed E-state index contributed by atoms with van der Waals surface area (Å²) in [7, 11) is 0. The summed E-state index contributed by atoms with van der Waals surface area (Å²) in [6.45, 7) is 9.85. The van der Waals surface area contributed by atoms with Crippen molar-refractivity contribution in [3.8, 4) is 0 Å². The minimum Gasteiger partial charge on any atom is -0.465 e. The fourth-order valence-electron chi connectivity index (χ4n) is 1.81. The van der Waals surface area contributed by atoms with Crippen LogP contribution in [0.4, 0.5) is 0 Å². The number of unbranched alkanes of at least 4 members (excludes halogenated alkanes) is 2. The predicted molar refractivity (Wildman–Crippen MR) is 83.2 cm³/mol. The molecule has 0 aliphatic heterocycles. The number of ether oxygens (including phenoxy) is 1. The van der Waals surface area contributed by atoms with Gasteiger partial charge in [0.2, 0.25) is 0 Å². The number of aryl methyl sites for hydroxylation is 1. The van der Waals surface area contributed by atoms with Gasteiger partial charge in [-0.15, -0.1) is 0 Å². The third kappa shape index (κ3) is 5.19. The lowest BCUT2D eigenvalue weighted by atomic mass is 10.3. The van der Waals surface area contributed by atoms with Gasteiger partial charge in [0.05, 0.1) is 18.1 Å². The number of rotatable bonds is 9. The Labute approximate surface area is 126 Å². The standard InChI is InChI=1S/C15H26N2O2S/c1-5-7-9-17-13(4)12(3)16-15(17)20-11-14(18)19-10-8-6-2/h5-11H2,1-4H3. The minimum atomic E-state index is -0.149. The van der Waals surface area contributed by atoms with Crippen LogP contribution in [0.2, 0.25) is 0 Å². The highest BCUT2D eigenvalue weighted by atomic mass is 32.2. The lowest BCUT2D eigenvalue weighted by Gasteiger charge is -2.09. The Bertz CT molecular complexity index is 430. The Morgan fingerprint density at radius 3 is 2.60 bits per heavy atom. The van der Waals surface area contributed by atoms with E-state index in [1.165, 1.54) is 17.5 Å². The quantitative estimate of drug-likeness (QED) is 0.396. The summed E-state index contributed by atoms with van der Waals surface area (Å²) in [5, 5.41) is 0.931. The molecular formula is C15H26N2O2S. The van der Waals surface area contributed by atoms with Gasteiger partial charge in [-0.3, -0.25) is 4.79 Å². The summed E-state index contributed by atoms with van der Waals surface area (Å²) in [4.78, 5) is 16.2. The second-order valence-corrected chi connectivity index (χ2v) is 5.88. The summed E-state index contributed by atoms with van der Waals surface area (Å²) in [5.74, 6) is 0.190. The van der Waals surface area contributed by atoms with E-state index in [0.29, 0.717) is 12.4 Å². The number of esters is 1. The molecule has 0 aliphatic carbocycles. The van der Waals surface area contributed by atoms with Crippen LogP contribution in [0.3, 0.4) is 0 Å². The van der Waals surface area contributed by atoms with Crippen molar-refractivity contribution in [2.24, 2.45) is 0 Å². The molecule has 0 fully saturated rings. The molecule has 1 aromatic rings. The van der Waals surface area contributed by atoms with Crippen LogP contribution in [-0.4, -0.2) is 27.9 Å². The van der Waals surface area contributed by atoms with E-state index in [9.17, 15) is 4.79 Å². The molecule has 0 radical (unpaired) electrons. The summed E-state index contributed by atoms with van der Waals surface area (Å²) in [6.07, 6.45) is 4.25. The monoisotopic (exact) mass is 298 g/mol.